The second kappa shape index (κ2) is 9.05. The first-order valence-electron chi connectivity index (χ1n) is 10.0. The van der Waals surface area contributed by atoms with Crippen LogP contribution in [0.4, 0.5) is 10.5 Å². The number of primary sulfonamides is 1. The number of hydrogen-bond donors (Lipinski definition) is 2. The van der Waals surface area contributed by atoms with E-state index < -0.39 is 21.7 Å². The maximum atomic E-state index is 12.9. The lowest BCUT2D eigenvalue weighted by Gasteiger charge is -2.29. The van der Waals surface area contributed by atoms with Crippen molar-refractivity contribution in [1.29, 1.82) is 0 Å². The number of hydrogen-bond acceptors (Lipinski definition) is 6. The fourth-order valence-electron chi connectivity index (χ4n) is 3.09. The maximum absolute atomic E-state index is 12.9. The first-order valence-corrected chi connectivity index (χ1v) is 12.0. The smallest absolute Gasteiger partial charge is 0.410 e. The van der Waals surface area contributed by atoms with E-state index in [4.69, 9.17) is 26.8 Å². The summed E-state index contributed by atoms with van der Waals surface area (Å²) in [5.41, 5.74) is 1.66. The lowest BCUT2D eigenvalue weighted by atomic mass is 10.1. The van der Waals surface area contributed by atoms with Crippen molar-refractivity contribution in [3.05, 3.63) is 53.6 Å². The highest BCUT2D eigenvalue weighted by Gasteiger charge is 2.25. The molecule has 1 atom stereocenters. The zero-order chi connectivity index (χ0) is 23.7. The first kappa shape index (κ1) is 24.0. The predicted octanol–water partition coefficient (Wildman–Crippen LogP) is 3.79. The van der Waals surface area contributed by atoms with Gasteiger partial charge in [-0.15, -0.1) is 0 Å². The van der Waals surface area contributed by atoms with Gasteiger partial charge in [0.25, 0.3) is 0 Å². The molecule has 0 radical (unpaired) electrons. The van der Waals surface area contributed by atoms with Crippen molar-refractivity contribution in [2.75, 3.05) is 5.32 Å². The number of carbonyl (C=O) groups is 1. The Morgan fingerprint density at radius 1 is 1.16 bits per heavy atom. The van der Waals surface area contributed by atoms with Gasteiger partial charge in [0, 0.05) is 13.1 Å². The zero-order valence-electron chi connectivity index (χ0n) is 18.4. The molecular formula is C22H27N3O5S2. The number of anilines is 1. The minimum Gasteiger partial charge on any atom is -0.481 e. The van der Waals surface area contributed by atoms with Gasteiger partial charge in [0.15, 0.2) is 0 Å². The highest BCUT2D eigenvalue weighted by molar-refractivity contribution is 7.89. The van der Waals surface area contributed by atoms with Crippen LogP contribution in [0.5, 0.6) is 5.75 Å². The number of nitrogens with zero attached hydrogens (tertiary/aromatic N) is 1. The summed E-state index contributed by atoms with van der Waals surface area (Å²) in [5.74, 6) is 0.692. The Hall–Kier alpha value is -2.69. The molecule has 1 aliphatic heterocycles. The van der Waals surface area contributed by atoms with Gasteiger partial charge in [-0.25, -0.2) is 18.4 Å². The lowest BCUT2D eigenvalue weighted by molar-refractivity contribution is 0.0216. The monoisotopic (exact) mass is 477 g/mol. The Bertz CT molecular complexity index is 1130. The molecule has 1 heterocycles. The van der Waals surface area contributed by atoms with Crippen LogP contribution in [0.2, 0.25) is 0 Å². The molecule has 0 bridgehead atoms. The molecule has 3 N–H and O–H groups in total. The standard InChI is InChI=1S/C22H27N3O5S2/c1-14-20(31)24-18-11-16(7-10-19(18)29-14)13-25(21(26)30-22(2,3)4)12-15-5-8-17(9-6-15)32(23,27)28/h5-11,14H,12-13H2,1-4H3,(H,24,31)(H2,23,27,28). The predicted molar refractivity (Wildman–Crippen MR) is 126 cm³/mol. The fourth-order valence-corrected chi connectivity index (χ4v) is 3.76. The molecule has 32 heavy (non-hydrogen) atoms. The van der Waals surface area contributed by atoms with Crippen LogP contribution < -0.4 is 15.2 Å². The van der Waals surface area contributed by atoms with Crippen molar-refractivity contribution in [1.82, 2.24) is 4.90 Å². The molecule has 0 aromatic heterocycles. The van der Waals surface area contributed by atoms with Gasteiger partial charge >= 0.3 is 6.09 Å². The van der Waals surface area contributed by atoms with Crippen LogP contribution in [-0.2, 0) is 27.8 Å². The van der Waals surface area contributed by atoms with Gasteiger partial charge in [0.1, 0.15) is 22.4 Å². The third-order valence-electron chi connectivity index (χ3n) is 4.63. The third kappa shape index (κ3) is 6.18. The minimum atomic E-state index is -3.79. The number of amides is 1. The topological polar surface area (TPSA) is 111 Å². The van der Waals surface area contributed by atoms with E-state index >= 15 is 0 Å². The van der Waals surface area contributed by atoms with Crippen LogP contribution in [-0.4, -0.2) is 36.1 Å². The van der Waals surface area contributed by atoms with Crippen molar-refractivity contribution in [3.8, 4) is 5.75 Å². The quantitative estimate of drug-likeness (QED) is 0.630. The van der Waals surface area contributed by atoms with Crippen LogP contribution in [0.1, 0.15) is 38.8 Å². The van der Waals surface area contributed by atoms with Crippen LogP contribution in [0.15, 0.2) is 47.4 Å². The Morgan fingerprint density at radius 3 is 2.34 bits per heavy atom. The van der Waals surface area contributed by atoms with Gasteiger partial charge < -0.3 is 14.8 Å². The summed E-state index contributed by atoms with van der Waals surface area (Å²) in [5, 5.41) is 8.33. The number of fused-ring (bicyclic) bond motifs is 1. The molecule has 1 unspecified atom stereocenters. The van der Waals surface area contributed by atoms with E-state index in [1.165, 1.54) is 12.1 Å². The summed E-state index contributed by atoms with van der Waals surface area (Å²) in [6.45, 7) is 7.75. The average Bonchev–Trinajstić information content (AvgIpc) is 2.67. The van der Waals surface area contributed by atoms with Gasteiger partial charge in [0.05, 0.1) is 10.6 Å². The van der Waals surface area contributed by atoms with Crippen molar-refractivity contribution in [2.24, 2.45) is 5.14 Å². The lowest BCUT2D eigenvalue weighted by Crippen LogP contribution is -2.36. The number of nitrogens with one attached hydrogen (secondary N) is 1. The molecule has 172 valence electrons. The molecule has 1 amide bonds. The molecule has 0 spiro atoms. The molecule has 0 saturated carbocycles. The first-order chi connectivity index (χ1) is 14.8. The Labute approximate surface area is 193 Å². The van der Waals surface area contributed by atoms with Gasteiger partial charge in [0.2, 0.25) is 10.0 Å². The van der Waals surface area contributed by atoms with E-state index in [1.54, 1.807) is 37.8 Å². The molecule has 8 nitrogen and oxygen atoms in total. The third-order valence-corrected chi connectivity index (χ3v) is 5.99. The van der Waals surface area contributed by atoms with Crippen molar-refractivity contribution in [3.63, 3.8) is 0 Å². The Kier molecular flexibility index (Phi) is 6.77. The van der Waals surface area contributed by atoms with E-state index in [9.17, 15) is 13.2 Å². The molecule has 10 heteroatoms. The van der Waals surface area contributed by atoms with Crippen LogP contribution in [0, 0.1) is 0 Å². The van der Waals surface area contributed by atoms with Crippen molar-refractivity contribution in [2.45, 2.75) is 57.4 Å². The summed E-state index contributed by atoms with van der Waals surface area (Å²) in [4.78, 5) is 15.1. The molecule has 1 aliphatic rings. The molecule has 0 aliphatic carbocycles. The normalized spacial score (nSPS) is 15.9. The summed E-state index contributed by atoms with van der Waals surface area (Å²) in [7, 11) is -3.79. The molecule has 0 fully saturated rings. The highest BCUT2D eigenvalue weighted by atomic mass is 32.2. The largest absolute Gasteiger partial charge is 0.481 e. The highest BCUT2D eigenvalue weighted by Crippen LogP contribution is 2.31. The summed E-state index contributed by atoms with van der Waals surface area (Å²) in [6.07, 6.45) is -0.694. The minimum absolute atomic E-state index is 0.0102. The van der Waals surface area contributed by atoms with Gasteiger partial charge in [-0.3, -0.25) is 4.90 Å². The molecule has 2 aromatic rings. The second-order valence-corrected chi connectivity index (χ2v) is 10.6. The second-order valence-electron chi connectivity index (χ2n) is 8.61. The zero-order valence-corrected chi connectivity index (χ0v) is 20.0. The maximum Gasteiger partial charge on any atom is 0.410 e. The van der Waals surface area contributed by atoms with Gasteiger partial charge in [-0.2, -0.15) is 0 Å². The average molecular weight is 478 g/mol. The van der Waals surface area contributed by atoms with Crippen molar-refractivity contribution >= 4 is 39.0 Å². The number of sulfonamides is 1. The summed E-state index contributed by atoms with van der Waals surface area (Å²) >= 11 is 5.29. The SMILES string of the molecule is CC1Oc2ccc(CN(Cc3ccc(S(N)(=O)=O)cc3)C(=O)OC(C)(C)C)cc2NC1=S. The van der Waals surface area contributed by atoms with Crippen LogP contribution in [0.3, 0.4) is 0 Å². The van der Waals surface area contributed by atoms with Crippen molar-refractivity contribution < 1.29 is 22.7 Å². The van der Waals surface area contributed by atoms with Crippen LogP contribution >= 0.6 is 12.2 Å². The molecule has 2 aromatic carbocycles. The van der Waals surface area contributed by atoms with Gasteiger partial charge in [-0.05, 0) is 63.1 Å². The van der Waals surface area contributed by atoms with E-state index in [-0.39, 0.29) is 24.1 Å². The van der Waals surface area contributed by atoms with E-state index in [1.807, 2.05) is 25.1 Å². The van der Waals surface area contributed by atoms with E-state index in [0.29, 0.717) is 10.7 Å². The van der Waals surface area contributed by atoms with E-state index in [2.05, 4.69) is 5.32 Å². The molecule has 0 saturated heterocycles. The fraction of sp³-hybridized carbons (Fsp3) is 0.364. The van der Waals surface area contributed by atoms with Gasteiger partial charge in [-0.1, -0.05) is 30.4 Å². The number of ether oxygens (including phenoxy) is 2. The van der Waals surface area contributed by atoms with E-state index in [0.717, 1.165) is 16.8 Å². The molecule has 3 rings (SSSR count). The molecular weight excluding hydrogens is 450 g/mol. The summed E-state index contributed by atoms with van der Waals surface area (Å²) < 4.78 is 34.4. The number of nitrogens with two attached hydrogens (primary N) is 1. The number of rotatable bonds is 5. The van der Waals surface area contributed by atoms with Crippen LogP contribution in [0.25, 0.3) is 0 Å². The number of thiocarbonyl (C=S) groups is 1. The Balaban J connectivity index is 1.84. The summed E-state index contributed by atoms with van der Waals surface area (Å²) in [6, 6.07) is 11.7. The number of benzene rings is 2. The number of carbonyl (C=O) groups excluding carboxylic acids is 1. The Morgan fingerprint density at radius 2 is 1.75 bits per heavy atom.